The highest BCUT2D eigenvalue weighted by atomic mass is 35.5. The van der Waals surface area contributed by atoms with Crippen molar-refractivity contribution in [1.29, 1.82) is 0 Å². The second-order valence-corrected chi connectivity index (χ2v) is 3.98. The Kier molecular flexibility index (Phi) is 4.18. The third-order valence-corrected chi connectivity index (χ3v) is 1.93. The number of rotatable bonds is 3. The lowest BCUT2D eigenvalue weighted by atomic mass is 10.1. The topological polar surface area (TPSA) is 29.1 Å². The third-order valence-electron chi connectivity index (χ3n) is 1.78. The maximum atomic E-state index is 13.1. The fraction of sp³-hybridized carbons (Fsp3) is 0.300. The van der Waals surface area contributed by atoms with Gasteiger partial charge in [-0.25, -0.2) is 13.2 Å². The Hall–Kier alpha value is -1.23. The lowest BCUT2D eigenvalue weighted by molar-refractivity contribution is 0.0945. The molecule has 0 aromatic heterocycles. The first-order chi connectivity index (χ1) is 7.41. The molecule has 0 fully saturated rings. The number of alkyl halides is 1. The van der Waals surface area contributed by atoms with Crippen molar-refractivity contribution in [1.82, 2.24) is 5.32 Å². The average Bonchev–Trinajstić information content (AvgIpc) is 2.12. The van der Waals surface area contributed by atoms with Gasteiger partial charge in [0.15, 0.2) is 0 Å². The molecule has 88 valence electrons. The zero-order valence-corrected chi connectivity index (χ0v) is 9.12. The number of hydrogen-bond acceptors (Lipinski definition) is 1. The van der Waals surface area contributed by atoms with Gasteiger partial charge < -0.3 is 5.32 Å². The van der Waals surface area contributed by atoms with E-state index in [1.54, 1.807) is 6.92 Å². The zero-order chi connectivity index (χ0) is 12.3. The van der Waals surface area contributed by atoms with Crippen LogP contribution in [0.3, 0.4) is 0 Å². The summed E-state index contributed by atoms with van der Waals surface area (Å²) < 4.78 is 38.8. The van der Waals surface area contributed by atoms with Gasteiger partial charge in [-0.1, -0.05) is 0 Å². The van der Waals surface area contributed by atoms with E-state index >= 15 is 0 Å². The molecule has 0 aliphatic heterocycles. The van der Waals surface area contributed by atoms with Gasteiger partial charge in [0.05, 0.1) is 0 Å². The molecule has 1 aromatic carbocycles. The molecule has 1 aromatic rings. The van der Waals surface area contributed by atoms with E-state index in [1.165, 1.54) is 0 Å². The number of benzene rings is 1. The van der Waals surface area contributed by atoms with Crippen LogP contribution in [0.25, 0.3) is 0 Å². The summed E-state index contributed by atoms with van der Waals surface area (Å²) in [6.45, 7) is 1.68. The Bertz CT molecular complexity index is 386. The summed E-state index contributed by atoms with van der Waals surface area (Å²) in [5.41, 5.74) is -0.807. The van der Waals surface area contributed by atoms with E-state index in [4.69, 9.17) is 11.6 Å². The predicted molar refractivity (Wildman–Crippen MR) is 54.0 cm³/mol. The molecule has 0 radical (unpaired) electrons. The van der Waals surface area contributed by atoms with E-state index in [9.17, 15) is 18.0 Å². The molecule has 6 heteroatoms. The predicted octanol–water partition coefficient (Wildman–Crippen LogP) is 2.46. The molecule has 16 heavy (non-hydrogen) atoms. The smallest absolute Gasteiger partial charge is 0.257 e. The molecule has 0 spiro atoms. The van der Waals surface area contributed by atoms with E-state index in [0.29, 0.717) is 12.1 Å². The van der Waals surface area contributed by atoms with Gasteiger partial charge in [0.1, 0.15) is 23.0 Å². The van der Waals surface area contributed by atoms with Crippen LogP contribution in [0.15, 0.2) is 12.1 Å². The third kappa shape index (κ3) is 3.13. The van der Waals surface area contributed by atoms with E-state index in [2.05, 4.69) is 5.32 Å². The number of carbonyl (C=O) groups excluding carboxylic acids is 1. The fourth-order valence-electron chi connectivity index (χ4n) is 1.08. The average molecular weight is 252 g/mol. The zero-order valence-electron chi connectivity index (χ0n) is 8.36. The second-order valence-electron chi connectivity index (χ2n) is 3.24. The first-order valence-electron chi connectivity index (χ1n) is 4.48. The van der Waals surface area contributed by atoms with Gasteiger partial charge in [-0.05, 0) is 6.92 Å². The van der Waals surface area contributed by atoms with E-state index in [1.807, 2.05) is 0 Å². The Morgan fingerprint density at radius 3 is 2.31 bits per heavy atom. The number of hydrogen-bond donors (Lipinski definition) is 1. The molecule has 0 saturated carbocycles. The first kappa shape index (κ1) is 12.8. The number of amides is 1. The van der Waals surface area contributed by atoms with Gasteiger partial charge in [-0.15, -0.1) is 11.6 Å². The van der Waals surface area contributed by atoms with Crippen LogP contribution in [0.5, 0.6) is 0 Å². The summed E-state index contributed by atoms with van der Waals surface area (Å²) in [6.07, 6.45) is 0. The van der Waals surface area contributed by atoms with Crippen LogP contribution in [0.4, 0.5) is 13.2 Å². The molecule has 1 unspecified atom stereocenters. The van der Waals surface area contributed by atoms with Crippen molar-refractivity contribution >= 4 is 17.5 Å². The molecular weight excluding hydrogens is 243 g/mol. The van der Waals surface area contributed by atoms with Crippen LogP contribution in [0.1, 0.15) is 17.3 Å². The normalized spacial score (nSPS) is 12.3. The lowest BCUT2D eigenvalue weighted by Crippen LogP contribution is -2.30. The maximum Gasteiger partial charge on any atom is 0.257 e. The molecule has 2 nitrogen and oxygen atoms in total. The molecule has 1 amide bonds. The standard InChI is InChI=1S/C10H9ClF3NO/c1-5(11)4-15-10(16)9-7(13)2-6(12)3-8(9)14/h2-3,5H,4H2,1H3,(H,15,16). The second kappa shape index (κ2) is 5.21. The van der Waals surface area contributed by atoms with E-state index < -0.39 is 28.9 Å². The minimum Gasteiger partial charge on any atom is -0.350 e. The largest absolute Gasteiger partial charge is 0.350 e. The van der Waals surface area contributed by atoms with Gasteiger partial charge in [0.25, 0.3) is 5.91 Å². The molecule has 0 bridgehead atoms. The highest BCUT2D eigenvalue weighted by Crippen LogP contribution is 2.14. The van der Waals surface area contributed by atoms with Crippen molar-refractivity contribution in [2.24, 2.45) is 0 Å². The van der Waals surface area contributed by atoms with Crippen molar-refractivity contribution in [3.05, 3.63) is 35.1 Å². The van der Waals surface area contributed by atoms with Crippen LogP contribution in [-0.4, -0.2) is 17.8 Å². The van der Waals surface area contributed by atoms with Crippen molar-refractivity contribution in [2.45, 2.75) is 12.3 Å². The van der Waals surface area contributed by atoms with Crippen LogP contribution in [0.2, 0.25) is 0 Å². The molecule has 1 N–H and O–H groups in total. The van der Waals surface area contributed by atoms with Crippen LogP contribution < -0.4 is 5.32 Å². The lowest BCUT2D eigenvalue weighted by Gasteiger charge is -2.08. The van der Waals surface area contributed by atoms with Crippen molar-refractivity contribution in [3.8, 4) is 0 Å². The van der Waals surface area contributed by atoms with Gasteiger partial charge in [0, 0.05) is 24.1 Å². The first-order valence-corrected chi connectivity index (χ1v) is 4.92. The molecule has 0 aliphatic carbocycles. The van der Waals surface area contributed by atoms with Crippen molar-refractivity contribution in [3.63, 3.8) is 0 Å². The quantitative estimate of drug-likeness (QED) is 0.822. The molecule has 0 aliphatic rings. The molecule has 0 heterocycles. The fourth-order valence-corrected chi connectivity index (χ4v) is 1.16. The van der Waals surface area contributed by atoms with Crippen LogP contribution in [-0.2, 0) is 0 Å². The summed E-state index contributed by atoms with van der Waals surface area (Å²) in [6, 6.07) is 0.893. The Balaban J connectivity index is 2.91. The summed E-state index contributed by atoms with van der Waals surface area (Å²) in [7, 11) is 0. The summed E-state index contributed by atoms with van der Waals surface area (Å²) in [4.78, 5) is 11.3. The van der Waals surface area contributed by atoms with Crippen LogP contribution >= 0.6 is 11.6 Å². The summed E-state index contributed by atoms with van der Waals surface area (Å²) >= 11 is 5.55. The Labute approximate surface area is 95.4 Å². The number of halogens is 4. The van der Waals surface area contributed by atoms with Gasteiger partial charge >= 0.3 is 0 Å². The highest BCUT2D eigenvalue weighted by Gasteiger charge is 2.18. The Morgan fingerprint density at radius 1 is 1.38 bits per heavy atom. The maximum absolute atomic E-state index is 13.1. The van der Waals surface area contributed by atoms with Crippen molar-refractivity contribution in [2.75, 3.05) is 6.54 Å². The van der Waals surface area contributed by atoms with Crippen LogP contribution in [0, 0.1) is 17.5 Å². The summed E-state index contributed by atoms with van der Waals surface area (Å²) in [5.74, 6) is -4.51. The SMILES string of the molecule is CC(Cl)CNC(=O)c1c(F)cc(F)cc1F. The van der Waals surface area contributed by atoms with Gasteiger partial charge in [0.2, 0.25) is 0 Å². The number of carbonyl (C=O) groups is 1. The highest BCUT2D eigenvalue weighted by molar-refractivity contribution is 6.20. The van der Waals surface area contributed by atoms with Gasteiger partial charge in [-0.2, -0.15) is 0 Å². The Morgan fingerprint density at radius 2 is 1.88 bits per heavy atom. The molecular formula is C10H9ClF3NO. The molecule has 0 saturated heterocycles. The minimum absolute atomic E-state index is 0.0661. The molecule has 1 atom stereocenters. The number of nitrogens with one attached hydrogen (secondary N) is 1. The van der Waals surface area contributed by atoms with E-state index in [-0.39, 0.29) is 11.9 Å². The van der Waals surface area contributed by atoms with Crippen molar-refractivity contribution < 1.29 is 18.0 Å². The molecule has 1 rings (SSSR count). The monoisotopic (exact) mass is 251 g/mol. The minimum atomic E-state index is -1.24. The van der Waals surface area contributed by atoms with Gasteiger partial charge in [-0.3, -0.25) is 4.79 Å². The summed E-state index contributed by atoms with van der Waals surface area (Å²) in [5, 5.41) is 1.86. The van der Waals surface area contributed by atoms with E-state index in [0.717, 1.165) is 0 Å².